The number of anilines is 2. The maximum atomic E-state index is 13.7. The molecule has 0 saturated carbocycles. The van der Waals surface area contributed by atoms with Crippen LogP contribution < -0.4 is 30.2 Å². The molecule has 9 nitrogen and oxygen atoms in total. The van der Waals surface area contributed by atoms with Crippen LogP contribution in [0.3, 0.4) is 0 Å². The molecule has 0 fully saturated rings. The predicted molar refractivity (Wildman–Crippen MR) is 183 cm³/mol. The van der Waals surface area contributed by atoms with Crippen molar-refractivity contribution in [2.24, 2.45) is 0 Å². The number of benzene rings is 4. The zero-order valence-electron chi connectivity index (χ0n) is 25.4. The van der Waals surface area contributed by atoms with Crippen LogP contribution >= 0.6 is 35.0 Å². The molecular formula is C34H31Cl2N3O6S. The Labute approximate surface area is 281 Å². The molecule has 0 spiro atoms. The normalized spacial score (nSPS) is 11.7. The van der Waals surface area contributed by atoms with E-state index in [2.05, 4.69) is 16.0 Å². The number of hydrogen-bond acceptors (Lipinski definition) is 7. The number of halogens is 2. The van der Waals surface area contributed by atoms with Crippen LogP contribution in [0.25, 0.3) is 6.08 Å². The highest BCUT2D eigenvalue weighted by atomic mass is 35.5. The standard InChI is InChI=1S/C34H31Cl2N3O6S/c1-20(32(40)38-27-17-23(35)13-14-26(27)36)46-25-12-8-11-24(18-25)37-34(42)28(39-33(41)21-9-6-5-7-10-21)15-22-16-30(44-3)31(45-4)19-29(22)43-2/h5-20H,1-4H3,(H,37,42)(H,38,40)(H,39,41)/b28-15+. The Hall–Kier alpha value is -4.64. The van der Waals surface area contributed by atoms with Crippen LogP contribution in [0.2, 0.25) is 10.0 Å². The second-order valence-corrected chi connectivity index (χ2v) is 11.9. The zero-order chi connectivity index (χ0) is 33.2. The number of ether oxygens (including phenoxy) is 3. The van der Waals surface area contributed by atoms with Gasteiger partial charge in [0.1, 0.15) is 11.4 Å². The van der Waals surface area contributed by atoms with Crippen molar-refractivity contribution in [2.45, 2.75) is 17.1 Å². The van der Waals surface area contributed by atoms with E-state index in [4.69, 9.17) is 37.4 Å². The first-order valence-corrected chi connectivity index (χ1v) is 15.5. The summed E-state index contributed by atoms with van der Waals surface area (Å²) in [6, 6.07) is 23.6. The minimum Gasteiger partial charge on any atom is -0.496 e. The van der Waals surface area contributed by atoms with Crippen LogP contribution in [0, 0.1) is 0 Å². The molecule has 3 N–H and O–H groups in total. The summed E-state index contributed by atoms with van der Waals surface area (Å²) in [6.07, 6.45) is 1.49. The number of hydrogen-bond donors (Lipinski definition) is 3. The fraction of sp³-hybridized carbons (Fsp3) is 0.147. The van der Waals surface area contributed by atoms with Gasteiger partial charge < -0.3 is 30.2 Å². The van der Waals surface area contributed by atoms with Gasteiger partial charge in [0, 0.05) is 32.8 Å². The van der Waals surface area contributed by atoms with Gasteiger partial charge in [0.2, 0.25) is 5.91 Å². The van der Waals surface area contributed by atoms with Gasteiger partial charge in [0.15, 0.2) is 11.5 Å². The van der Waals surface area contributed by atoms with Crippen LogP contribution in [0.15, 0.2) is 95.5 Å². The topological polar surface area (TPSA) is 115 Å². The Bertz CT molecular complexity index is 1770. The number of carbonyl (C=O) groups excluding carboxylic acids is 3. The summed E-state index contributed by atoms with van der Waals surface area (Å²) in [6.45, 7) is 1.75. The van der Waals surface area contributed by atoms with E-state index in [1.54, 1.807) is 85.8 Å². The van der Waals surface area contributed by atoms with Crippen molar-refractivity contribution in [3.63, 3.8) is 0 Å². The van der Waals surface area contributed by atoms with Gasteiger partial charge in [-0.1, -0.05) is 47.5 Å². The van der Waals surface area contributed by atoms with E-state index < -0.39 is 17.1 Å². The van der Waals surface area contributed by atoms with Crippen LogP contribution in [0.5, 0.6) is 17.2 Å². The maximum Gasteiger partial charge on any atom is 0.272 e. The molecule has 0 aliphatic heterocycles. The summed E-state index contributed by atoms with van der Waals surface area (Å²) in [7, 11) is 4.47. The van der Waals surface area contributed by atoms with Crippen LogP contribution in [0.4, 0.5) is 11.4 Å². The fourth-order valence-corrected chi connectivity index (χ4v) is 5.46. The Morgan fingerprint density at radius 2 is 1.48 bits per heavy atom. The van der Waals surface area contributed by atoms with Gasteiger partial charge in [0.05, 0.1) is 37.3 Å². The van der Waals surface area contributed by atoms with Gasteiger partial charge >= 0.3 is 0 Å². The lowest BCUT2D eigenvalue weighted by Crippen LogP contribution is -2.30. The van der Waals surface area contributed by atoms with E-state index in [1.165, 1.54) is 39.2 Å². The predicted octanol–water partition coefficient (Wildman–Crippen LogP) is 7.55. The lowest BCUT2D eigenvalue weighted by atomic mass is 10.1. The summed E-state index contributed by atoms with van der Waals surface area (Å²) >= 11 is 13.5. The van der Waals surface area contributed by atoms with Gasteiger partial charge in [-0.2, -0.15) is 0 Å². The van der Waals surface area contributed by atoms with Crippen molar-refractivity contribution in [2.75, 3.05) is 32.0 Å². The highest BCUT2D eigenvalue weighted by Gasteiger charge is 2.20. The molecule has 0 bridgehead atoms. The molecule has 4 aromatic carbocycles. The maximum absolute atomic E-state index is 13.7. The molecule has 46 heavy (non-hydrogen) atoms. The second kappa shape index (κ2) is 16.1. The Morgan fingerprint density at radius 1 is 0.783 bits per heavy atom. The molecule has 238 valence electrons. The van der Waals surface area contributed by atoms with Crippen molar-refractivity contribution >= 4 is 70.1 Å². The van der Waals surface area contributed by atoms with Gasteiger partial charge in [-0.25, -0.2) is 0 Å². The van der Waals surface area contributed by atoms with Crippen LogP contribution in [-0.4, -0.2) is 44.3 Å². The summed E-state index contributed by atoms with van der Waals surface area (Å²) in [5.74, 6) is -0.120. The van der Waals surface area contributed by atoms with E-state index in [9.17, 15) is 14.4 Å². The number of nitrogens with one attached hydrogen (secondary N) is 3. The van der Waals surface area contributed by atoms with E-state index in [0.29, 0.717) is 49.8 Å². The number of carbonyl (C=O) groups is 3. The van der Waals surface area contributed by atoms with E-state index in [-0.39, 0.29) is 11.6 Å². The minimum absolute atomic E-state index is 0.0522. The lowest BCUT2D eigenvalue weighted by Gasteiger charge is -2.16. The van der Waals surface area contributed by atoms with Gasteiger partial charge in [0.25, 0.3) is 11.8 Å². The average Bonchev–Trinajstić information content (AvgIpc) is 3.06. The van der Waals surface area contributed by atoms with E-state index in [0.717, 1.165) is 4.90 Å². The average molecular weight is 681 g/mol. The molecule has 0 aromatic heterocycles. The fourth-order valence-electron chi connectivity index (χ4n) is 4.19. The third-order valence-corrected chi connectivity index (χ3v) is 8.18. The largest absolute Gasteiger partial charge is 0.496 e. The SMILES string of the molecule is COc1cc(OC)c(OC)cc1/C=C(/NC(=O)c1ccccc1)C(=O)Nc1cccc(SC(C)C(=O)Nc2cc(Cl)ccc2Cl)c1. The summed E-state index contributed by atoms with van der Waals surface area (Å²) in [5.41, 5.74) is 1.63. The molecule has 0 radical (unpaired) electrons. The van der Waals surface area contributed by atoms with Crippen molar-refractivity contribution < 1.29 is 28.6 Å². The number of methoxy groups -OCH3 is 3. The molecule has 1 atom stereocenters. The third kappa shape index (κ3) is 8.97. The Morgan fingerprint density at radius 3 is 2.17 bits per heavy atom. The smallest absolute Gasteiger partial charge is 0.272 e. The highest BCUT2D eigenvalue weighted by Crippen LogP contribution is 2.36. The Balaban J connectivity index is 1.58. The van der Waals surface area contributed by atoms with Gasteiger partial charge in [-0.3, -0.25) is 14.4 Å². The van der Waals surface area contributed by atoms with E-state index >= 15 is 0 Å². The van der Waals surface area contributed by atoms with E-state index in [1.807, 2.05) is 6.07 Å². The quantitative estimate of drug-likeness (QED) is 0.105. The first kappa shape index (κ1) is 34.2. The van der Waals surface area contributed by atoms with Gasteiger partial charge in [-0.15, -0.1) is 11.8 Å². The molecular weight excluding hydrogens is 649 g/mol. The molecule has 3 amide bonds. The molecule has 0 aliphatic carbocycles. The molecule has 0 heterocycles. The summed E-state index contributed by atoms with van der Waals surface area (Å²) < 4.78 is 16.3. The number of amides is 3. The first-order valence-electron chi connectivity index (χ1n) is 13.8. The molecule has 4 rings (SSSR count). The first-order chi connectivity index (χ1) is 22.1. The van der Waals surface area contributed by atoms with Crippen molar-refractivity contribution in [3.05, 3.63) is 112 Å². The van der Waals surface area contributed by atoms with Crippen molar-refractivity contribution in [1.82, 2.24) is 5.32 Å². The molecule has 0 aliphatic rings. The molecule has 12 heteroatoms. The minimum atomic E-state index is -0.593. The third-order valence-electron chi connectivity index (χ3n) is 6.52. The molecule has 4 aromatic rings. The van der Waals surface area contributed by atoms with Crippen LogP contribution in [-0.2, 0) is 9.59 Å². The van der Waals surface area contributed by atoms with Gasteiger partial charge in [-0.05, 0) is 67.6 Å². The van der Waals surface area contributed by atoms with Crippen LogP contribution in [0.1, 0.15) is 22.8 Å². The summed E-state index contributed by atoms with van der Waals surface area (Å²) in [4.78, 5) is 40.4. The lowest BCUT2D eigenvalue weighted by molar-refractivity contribution is -0.115. The summed E-state index contributed by atoms with van der Waals surface area (Å²) in [5, 5.41) is 8.65. The number of rotatable bonds is 12. The molecule has 0 saturated heterocycles. The number of thioether (sulfide) groups is 1. The monoisotopic (exact) mass is 679 g/mol. The zero-order valence-corrected chi connectivity index (χ0v) is 27.7. The second-order valence-electron chi connectivity index (χ2n) is 9.68. The van der Waals surface area contributed by atoms with Crippen molar-refractivity contribution in [3.8, 4) is 17.2 Å². The molecule has 1 unspecified atom stereocenters. The Kier molecular flexibility index (Phi) is 12.0. The highest BCUT2D eigenvalue weighted by molar-refractivity contribution is 8.00. The van der Waals surface area contributed by atoms with Crippen molar-refractivity contribution in [1.29, 1.82) is 0 Å².